The molecule has 1 aromatic heterocycles. The number of carbonyl (C=O) groups is 1. The molecule has 116 valence electrons. The number of benzene rings is 1. The standard InChI is InChI=1S/C17H20N2O3/c1-9-5-10(2)12(16(20)21)6-11(9)15-18-13-7-22-8-17(3,4)14(13)19-15/h5-6H,7-8H2,1-4H3,(H,18,19)(H,20,21). The summed E-state index contributed by atoms with van der Waals surface area (Å²) in [4.78, 5) is 19.4. The van der Waals surface area contributed by atoms with Crippen molar-refractivity contribution in [1.29, 1.82) is 0 Å². The lowest BCUT2D eigenvalue weighted by molar-refractivity contribution is 0.0605. The van der Waals surface area contributed by atoms with Gasteiger partial charge in [0.15, 0.2) is 0 Å². The fourth-order valence-electron chi connectivity index (χ4n) is 3.02. The quantitative estimate of drug-likeness (QED) is 0.893. The Labute approximate surface area is 129 Å². The largest absolute Gasteiger partial charge is 0.478 e. The van der Waals surface area contributed by atoms with E-state index in [4.69, 9.17) is 9.72 Å². The van der Waals surface area contributed by atoms with E-state index in [9.17, 15) is 9.90 Å². The van der Waals surface area contributed by atoms with Crippen LogP contribution in [0.15, 0.2) is 12.1 Å². The first-order chi connectivity index (χ1) is 10.3. The summed E-state index contributed by atoms with van der Waals surface area (Å²) in [5.74, 6) is -0.206. The molecule has 1 aliphatic rings. The van der Waals surface area contributed by atoms with Crippen LogP contribution in [0.4, 0.5) is 0 Å². The fourth-order valence-corrected chi connectivity index (χ4v) is 3.02. The number of aromatic amines is 1. The van der Waals surface area contributed by atoms with Crippen molar-refractivity contribution in [3.05, 3.63) is 40.2 Å². The van der Waals surface area contributed by atoms with Crippen molar-refractivity contribution in [1.82, 2.24) is 9.97 Å². The molecule has 0 amide bonds. The normalized spacial score (nSPS) is 16.4. The third kappa shape index (κ3) is 2.31. The minimum atomic E-state index is -0.918. The number of rotatable bonds is 2. The molecule has 0 atom stereocenters. The molecule has 22 heavy (non-hydrogen) atoms. The Morgan fingerprint density at radius 2 is 2.05 bits per heavy atom. The van der Waals surface area contributed by atoms with E-state index < -0.39 is 5.97 Å². The molecule has 0 bridgehead atoms. The van der Waals surface area contributed by atoms with Crippen LogP contribution in [-0.4, -0.2) is 27.7 Å². The molecule has 0 fully saturated rings. The summed E-state index contributed by atoms with van der Waals surface area (Å²) in [5.41, 5.74) is 4.74. The number of aryl methyl sites for hydroxylation is 2. The van der Waals surface area contributed by atoms with Crippen LogP contribution < -0.4 is 0 Å². The molecular weight excluding hydrogens is 280 g/mol. The van der Waals surface area contributed by atoms with Crippen molar-refractivity contribution in [2.75, 3.05) is 6.61 Å². The van der Waals surface area contributed by atoms with E-state index in [1.54, 1.807) is 6.07 Å². The van der Waals surface area contributed by atoms with Crippen LogP contribution in [0, 0.1) is 13.8 Å². The smallest absolute Gasteiger partial charge is 0.335 e. The van der Waals surface area contributed by atoms with Gasteiger partial charge in [-0.05, 0) is 31.0 Å². The van der Waals surface area contributed by atoms with Gasteiger partial charge in [0.25, 0.3) is 0 Å². The maximum atomic E-state index is 11.4. The monoisotopic (exact) mass is 300 g/mol. The van der Waals surface area contributed by atoms with Crippen LogP contribution in [0.2, 0.25) is 0 Å². The van der Waals surface area contributed by atoms with E-state index in [0.29, 0.717) is 24.6 Å². The number of hydrogen-bond donors (Lipinski definition) is 2. The Bertz CT molecular complexity index is 760. The lowest BCUT2D eigenvalue weighted by atomic mass is 9.87. The highest BCUT2D eigenvalue weighted by atomic mass is 16.5. The summed E-state index contributed by atoms with van der Waals surface area (Å²) in [6.45, 7) is 9.13. The number of fused-ring (bicyclic) bond motifs is 1. The van der Waals surface area contributed by atoms with Crippen molar-refractivity contribution >= 4 is 5.97 Å². The van der Waals surface area contributed by atoms with Crippen LogP contribution in [0.5, 0.6) is 0 Å². The molecule has 1 aliphatic heterocycles. The van der Waals surface area contributed by atoms with Gasteiger partial charge in [0.2, 0.25) is 0 Å². The summed E-state index contributed by atoms with van der Waals surface area (Å²) in [6, 6.07) is 3.59. The highest BCUT2D eigenvalue weighted by Gasteiger charge is 2.32. The molecule has 0 aliphatic carbocycles. The number of imidazole rings is 1. The number of nitrogens with one attached hydrogen (secondary N) is 1. The van der Waals surface area contributed by atoms with Crippen LogP contribution in [0.1, 0.15) is 46.7 Å². The first-order valence-electron chi connectivity index (χ1n) is 7.31. The van der Waals surface area contributed by atoms with Crippen LogP contribution in [0.25, 0.3) is 11.4 Å². The summed E-state index contributed by atoms with van der Waals surface area (Å²) < 4.78 is 5.61. The first-order valence-corrected chi connectivity index (χ1v) is 7.31. The molecule has 2 aromatic rings. The predicted molar refractivity (Wildman–Crippen MR) is 83.1 cm³/mol. The van der Waals surface area contributed by atoms with Gasteiger partial charge < -0.3 is 14.8 Å². The second-order valence-electron chi connectivity index (χ2n) is 6.58. The van der Waals surface area contributed by atoms with Crippen molar-refractivity contribution in [3.8, 4) is 11.4 Å². The van der Waals surface area contributed by atoms with Gasteiger partial charge in [0, 0.05) is 11.0 Å². The van der Waals surface area contributed by atoms with E-state index in [2.05, 4.69) is 18.8 Å². The molecule has 5 heteroatoms. The SMILES string of the molecule is Cc1cc(C)c(-c2nc3c([nH]2)COCC3(C)C)cc1C(=O)O. The number of nitrogens with zero attached hydrogens (tertiary/aromatic N) is 1. The van der Waals surface area contributed by atoms with Crippen molar-refractivity contribution in [3.63, 3.8) is 0 Å². The molecule has 0 spiro atoms. The van der Waals surface area contributed by atoms with Crippen LogP contribution in [-0.2, 0) is 16.8 Å². The van der Waals surface area contributed by atoms with Crippen molar-refractivity contribution < 1.29 is 14.6 Å². The number of carboxylic acid groups (broad SMARTS) is 1. The van der Waals surface area contributed by atoms with E-state index >= 15 is 0 Å². The van der Waals surface area contributed by atoms with Gasteiger partial charge in [-0.1, -0.05) is 19.9 Å². The van der Waals surface area contributed by atoms with E-state index in [1.807, 2.05) is 19.9 Å². The number of ether oxygens (including phenoxy) is 1. The lowest BCUT2D eigenvalue weighted by Crippen LogP contribution is -2.30. The molecule has 1 aromatic carbocycles. The minimum Gasteiger partial charge on any atom is -0.478 e. The maximum absolute atomic E-state index is 11.4. The van der Waals surface area contributed by atoms with Gasteiger partial charge in [-0.15, -0.1) is 0 Å². The summed E-state index contributed by atoms with van der Waals surface area (Å²) in [7, 11) is 0. The molecule has 2 N–H and O–H groups in total. The number of aromatic carboxylic acids is 1. The Morgan fingerprint density at radius 1 is 1.32 bits per heavy atom. The maximum Gasteiger partial charge on any atom is 0.335 e. The predicted octanol–water partition coefficient (Wildman–Crippen LogP) is 3.20. The Morgan fingerprint density at radius 3 is 2.68 bits per heavy atom. The highest BCUT2D eigenvalue weighted by molar-refractivity contribution is 5.91. The average molecular weight is 300 g/mol. The van der Waals surface area contributed by atoms with Gasteiger partial charge in [0.1, 0.15) is 5.82 Å². The highest BCUT2D eigenvalue weighted by Crippen LogP contribution is 2.33. The molecule has 5 nitrogen and oxygen atoms in total. The zero-order valence-corrected chi connectivity index (χ0v) is 13.3. The van der Waals surface area contributed by atoms with Gasteiger partial charge >= 0.3 is 5.97 Å². The summed E-state index contributed by atoms with van der Waals surface area (Å²) in [5, 5.41) is 9.32. The molecule has 0 saturated carbocycles. The summed E-state index contributed by atoms with van der Waals surface area (Å²) in [6.07, 6.45) is 0. The third-order valence-electron chi connectivity index (χ3n) is 4.19. The van der Waals surface area contributed by atoms with Crippen LogP contribution >= 0.6 is 0 Å². The third-order valence-corrected chi connectivity index (χ3v) is 4.19. The van der Waals surface area contributed by atoms with Crippen molar-refractivity contribution in [2.45, 2.75) is 39.7 Å². The van der Waals surface area contributed by atoms with Crippen LogP contribution in [0.3, 0.4) is 0 Å². The second kappa shape index (κ2) is 4.95. The number of hydrogen-bond acceptors (Lipinski definition) is 3. The zero-order valence-electron chi connectivity index (χ0n) is 13.3. The lowest BCUT2D eigenvalue weighted by Gasteiger charge is -2.27. The molecule has 0 radical (unpaired) electrons. The molecule has 2 heterocycles. The zero-order chi connectivity index (χ0) is 16.1. The van der Waals surface area contributed by atoms with E-state index in [0.717, 1.165) is 28.1 Å². The first kappa shape index (κ1) is 14.8. The minimum absolute atomic E-state index is 0.142. The molecule has 0 unspecified atom stereocenters. The number of H-pyrrole nitrogens is 1. The van der Waals surface area contributed by atoms with Gasteiger partial charge in [-0.25, -0.2) is 9.78 Å². The Balaban J connectivity index is 2.15. The Hall–Kier alpha value is -2.14. The van der Waals surface area contributed by atoms with E-state index in [-0.39, 0.29) is 5.41 Å². The Kier molecular flexibility index (Phi) is 3.33. The molecule has 3 rings (SSSR count). The molecular formula is C17H20N2O3. The van der Waals surface area contributed by atoms with E-state index in [1.165, 1.54) is 0 Å². The second-order valence-corrected chi connectivity index (χ2v) is 6.58. The number of aromatic nitrogens is 2. The van der Waals surface area contributed by atoms with Crippen molar-refractivity contribution in [2.24, 2.45) is 0 Å². The number of carboxylic acids is 1. The average Bonchev–Trinajstić information content (AvgIpc) is 2.83. The van der Waals surface area contributed by atoms with Gasteiger partial charge in [-0.3, -0.25) is 0 Å². The fraction of sp³-hybridized carbons (Fsp3) is 0.412. The summed E-state index contributed by atoms with van der Waals surface area (Å²) >= 11 is 0. The topological polar surface area (TPSA) is 75.2 Å². The van der Waals surface area contributed by atoms with Gasteiger partial charge in [0.05, 0.1) is 30.2 Å². The van der Waals surface area contributed by atoms with Gasteiger partial charge in [-0.2, -0.15) is 0 Å². The molecule has 0 saturated heterocycles.